The van der Waals surface area contributed by atoms with Crippen molar-refractivity contribution in [3.05, 3.63) is 32.1 Å². The largest absolute Gasteiger partial charge is 0.345 e. The predicted molar refractivity (Wildman–Crippen MR) is 94.7 cm³/mol. The fourth-order valence-electron chi connectivity index (χ4n) is 1.67. The standard InChI is InChI=1S/C13H13Cl3N2OS.ClH/c1-13(2,5-17)18-12(19)11-10(16)9-7(15)3-6(14)4-8(9)20-11;/h3-4H,5,17H2,1-2H3,(H,18,19);1H. The number of rotatable bonds is 3. The summed E-state index contributed by atoms with van der Waals surface area (Å²) in [6.07, 6.45) is 0. The average Bonchev–Trinajstić information content (AvgIpc) is 2.66. The normalized spacial score (nSPS) is 11.3. The van der Waals surface area contributed by atoms with Crippen molar-refractivity contribution in [1.29, 1.82) is 0 Å². The number of thiophene rings is 1. The molecule has 2 rings (SSSR count). The van der Waals surface area contributed by atoms with E-state index in [-0.39, 0.29) is 18.3 Å². The summed E-state index contributed by atoms with van der Waals surface area (Å²) < 4.78 is 0.781. The van der Waals surface area contributed by atoms with Crippen LogP contribution in [0, 0.1) is 0 Å². The average molecular weight is 388 g/mol. The Morgan fingerprint density at radius 1 is 1.33 bits per heavy atom. The van der Waals surface area contributed by atoms with Gasteiger partial charge in [0.05, 0.1) is 10.0 Å². The number of hydrogen-bond acceptors (Lipinski definition) is 3. The second-order valence-electron chi connectivity index (χ2n) is 5.05. The molecule has 3 nitrogen and oxygen atoms in total. The maximum absolute atomic E-state index is 12.3. The number of nitrogens with one attached hydrogen (secondary N) is 1. The number of fused-ring (bicyclic) bond motifs is 1. The molecule has 0 saturated heterocycles. The minimum Gasteiger partial charge on any atom is -0.345 e. The number of benzene rings is 1. The monoisotopic (exact) mass is 386 g/mol. The summed E-state index contributed by atoms with van der Waals surface area (Å²) in [5.74, 6) is -0.265. The van der Waals surface area contributed by atoms with Gasteiger partial charge in [-0.3, -0.25) is 4.79 Å². The lowest BCUT2D eigenvalue weighted by Gasteiger charge is -2.23. The number of carbonyl (C=O) groups excluding carboxylic acids is 1. The smallest absolute Gasteiger partial charge is 0.263 e. The minimum absolute atomic E-state index is 0. The van der Waals surface area contributed by atoms with Gasteiger partial charge in [-0.15, -0.1) is 23.7 Å². The third kappa shape index (κ3) is 3.95. The molecule has 0 bridgehead atoms. The van der Waals surface area contributed by atoms with Crippen LogP contribution in [0.15, 0.2) is 12.1 Å². The Balaban J connectivity index is 0.00000220. The molecule has 2 aromatic rings. The van der Waals surface area contributed by atoms with Crippen LogP contribution in [-0.4, -0.2) is 18.0 Å². The van der Waals surface area contributed by atoms with Crippen LogP contribution in [0.5, 0.6) is 0 Å². The van der Waals surface area contributed by atoms with Gasteiger partial charge in [-0.2, -0.15) is 0 Å². The van der Waals surface area contributed by atoms with Crippen molar-refractivity contribution in [2.45, 2.75) is 19.4 Å². The molecule has 0 saturated carbocycles. The molecule has 0 fully saturated rings. The highest BCUT2D eigenvalue weighted by Crippen LogP contribution is 2.41. The number of hydrogen-bond donors (Lipinski definition) is 2. The van der Waals surface area contributed by atoms with Gasteiger partial charge in [0.1, 0.15) is 4.88 Å². The van der Waals surface area contributed by atoms with Crippen LogP contribution in [0.1, 0.15) is 23.5 Å². The van der Waals surface area contributed by atoms with Crippen molar-refractivity contribution < 1.29 is 4.79 Å². The van der Waals surface area contributed by atoms with Crippen LogP contribution in [0.3, 0.4) is 0 Å². The molecule has 0 aliphatic rings. The highest BCUT2D eigenvalue weighted by Gasteiger charge is 2.24. The van der Waals surface area contributed by atoms with Crippen molar-refractivity contribution >= 4 is 74.5 Å². The summed E-state index contributed by atoms with van der Waals surface area (Å²) in [5.41, 5.74) is 5.10. The topological polar surface area (TPSA) is 55.1 Å². The van der Waals surface area contributed by atoms with Crippen molar-refractivity contribution in [3.63, 3.8) is 0 Å². The number of amides is 1. The summed E-state index contributed by atoms with van der Waals surface area (Å²) >= 11 is 19.6. The van der Waals surface area contributed by atoms with Gasteiger partial charge in [0.15, 0.2) is 0 Å². The SMILES string of the molecule is CC(C)(CN)NC(=O)c1sc2cc(Cl)cc(Cl)c2c1Cl.Cl. The maximum Gasteiger partial charge on any atom is 0.263 e. The molecule has 0 spiro atoms. The van der Waals surface area contributed by atoms with Gasteiger partial charge in [-0.05, 0) is 26.0 Å². The maximum atomic E-state index is 12.3. The number of halogens is 4. The van der Waals surface area contributed by atoms with E-state index in [2.05, 4.69) is 5.32 Å². The van der Waals surface area contributed by atoms with Crippen LogP contribution in [0.25, 0.3) is 10.1 Å². The van der Waals surface area contributed by atoms with E-state index in [1.165, 1.54) is 11.3 Å². The zero-order valence-corrected chi connectivity index (χ0v) is 15.2. The Labute approximate surface area is 148 Å². The van der Waals surface area contributed by atoms with Crippen molar-refractivity contribution in [2.75, 3.05) is 6.54 Å². The third-order valence-corrected chi connectivity index (χ3v) is 4.96. The van der Waals surface area contributed by atoms with E-state index in [0.29, 0.717) is 31.9 Å². The first-order valence-electron chi connectivity index (χ1n) is 5.85. The third-order valence-electron chi connectivity index (χ3n) is 2.82. The Bertz CT molecular complexity index is 684. The van der Waals surface area contributed by atoms with Crippen LogP contribution in [0.4, 0.5) is 0 Å². The van der Waals surface area contributed by atoms with Crippen LogP contribution in [-0.2, 0) is 0 Å². The van der Waals surface area contributed by atoms with Crippen LogP contribution >= 0.6 is 58.5 Å². The molecule has 0 radical (unpaired) electrons. The zero-order chi connectivity index (χ0) is 15.1. The van der Waals surface area contributed by atoms with Crippen molar-refractivity contribution in [1.82, 2.24) is 5.32 Å². The molecular weight excluding hydrogens is 374 g/mol. The highest BCUT2D eigenvalue weighted by atomic mass is 35.5. The fourth-order valence-corrected chi connectivity index (χ4v) is 3.95. The summed E-state index contributed by atoms with van der Waals surface area (Å²) in [7, 11) is 0. The second kappa shape index (κ2) is 6.90. The minimum atomic E-state index is -0.502. The van der Waals surface area contributed by atoms with E-state index in [1.807, 2.05) is 13.8 Å². The van der Waals surface area contributed by atoms with Gasteiger partial charge in [0.25, 0.3) is 5.91 Å². The number of nitrogens with two attached hydrogens (primary N) is 1. The Kier molecular flexibility index (Phi) is 6.18. The molecule has 0 atom stereocenters. The predicted octanol–water partition coefficient (Wildman–Crippen LogP) is 4.75. The van der Waals surface area contributed by atoms with Gasteiger partial charge in [0, 0.05) is 27.2 Å². The Morgan fingerprint density at radius 3 is 2.52 bits per heavy atom. The molecule has 0 aliphatic carbocycles. The molecule has 1 amide bonds. The molecule has 1 aromatic carbocycles. The van der Waals surface area contributed by atoms with Gasteiger partial charge in [-0.25, -0.2) is 0 Å². The van der Waals surface area contributed by atoms with Crippen LogP contribution < -0.4 is 11.1 Å². The molecule has 0 unspecified atom stereocenters. The lowest BCUT2D eigenvalue weighted by atomic mass is 10.1. The van der Waals surface area contributed by atoms with Gasteiger partial charge < -0.3 is 11.1 Å². The molecule has 21 heavy (non-hydrogen) atoms. The van der Waals surface area contributed by atoms with E-state index in [0.717, 1.165) is 4.70 Å². The summed E-state index contributed by atoms with van der Waals surface area (Å²) in [4.78, 5) is 12.7. The van der Waals surface area contributed by atoms with E-state index in [4.69, 9.17) is 40.5 Å². The van der Waals surface area contributed by atoms with E-state index >= 15 is 0 Å². The zero-order valence-electron chi connectivity index (χ0n) is 11.3. The van der Waals surface area contributed by atoms with Gasteiger partial charge in [0.2, 0.25) is 0 Å². The summed E-state index contributed by atoms with van der Waals surface area (Å²) in [6.45, 7) is 4.01. The van der Waals surface area contributed by atoms with Crippen molar-refractivity contribution in [2.24, 2.45) is 5.73 Å². The quantitative estimate of drug-likeness (QED) is 0.798. The molecule has 116 valence electrons. The molecule has 1 aromatic heterocycles. The first kappa shape index (κ1) is 18.8. The van der Waals surface area contributed by atoms with E-state index < -0.39 is 5.54 Å². The molecular formula is C13H14Cl4N2OS. The second-order valence-corrected chi connectivity index (χ2v) is 7.32. The molecule has 8 heteroatoms. The fraction of sp³-hybridized carbons (Fsp3) is 0.308. The Morgan fingerprint density at radius 2 is 1.95 bits per heavy atom. The van der Waals surface area contributed by atoms with Gasteiger partial charge >= 0.3 is 0 Å². The molecule has 3 N–H and O–H groups in total. The number of carbonyl (C=O) groups is 1. The van der Waals surface area contributed by atoms with Crippen LogP contribution in [0.2, 0.25) is 15.1 Å². The summed E-state index contributed by atoms with van der Waals surface area (Å²) in [5, 5.41) is 4.78. The first-order valence-corrected chi connectivity index (χ1v) is 7.80. The lowest BCUT2D eigenvalue weighted by Crippen LogP contribution is -2.48. The summed E-state index contributed by atoms with van der Waals surface area (Å²) in [6, 6.07) is 3.35. The van der Waals surface area contributed by atoms with E-state index in [1.54, 1.807) is 12.1 Å². The van der Waals surface area contributed by atoms with Crippen molar-refractivity contribution in [3.8, 4) is 0 Å². The first-order chi connectivity index (χ1) is 9.25. The van der Waals surface area contributed by atoms with E-state index in [9.17, 15) is 4.79 Å². The molecule has 1 heterocycles. The highest BCUT2D eigenvalue weighted by molar-refractivity contribution is 7.21. The molecule has 0 aliphatic heterocycles. The van der Waals surface area contributed by atoms with Gasteiger partial charge in [-0.1, -0.05) is 34.8 Å². The lowest BCUT2D eigenvalue weighted by molar-refractivity contribution is 0.0920. The Hall–Kier alpha value is -0.230.